The molecule has 0 aliphatic rings. The fraction of sp³-hybridized carbons (Fsp3) is 0.750. The van der Waals surface area contributed by atoms with Crippen LogP contribution in [0, 0.1) is 0 Å². The molecule has 6 heteroatoms. The first kappa shape index (κ1) is 22.2. The highest BCUT2D eigenvalue weighted by molar-refractivity contribution is 5.84. The third kappa shape index (κ3) is 36.3. The molecule has 5 N–H and O–H groups in total. The topological polar surface area (TPSA) is 118 Å². The Kier molecular flexibility index (Phi) is 19.8. The van der Waals surface area contributed by atoms with E-state index in [0.717, 1.165) is 0 Å². The Balaban J connectivity index is -0.000000187. The van der Waals surface area contributed by atoms with Gasteiger partial charge in [0.2, 0.25) is 0 Å². The second-order valence-electron chi connectivity index (χ2n) is 3.81. The lowest BCUT2D eigenvalue weighted by Crippen LogP contribution is -2.00. The van der Waals surface area contributed by atoms with Crippen LogP contribution in [-0.2, 0) is 4.79 Å². The van der Waals surface area contributed by atoms with Gasteiger partial charge in [-0.3, -0.25) is 0 Å². The molecule has 0 aromatic heterocycles. The van der Waals surface area contributed by atoms with E-state index in [1.165, 1.54) is 6.92 Å². The molecule has 2 unspecified atom stereocenters. The molecule has 110 valence electrons. The van der Waals surface area contributed by atoms with Crippen molar-refractivity contribution in [2.45, 2.75) is 45.8 Å². The van der Waals surface area contributed by atoms with E-state index in [9.17, 15) is 4.79 Å². The van der Waals surface area contributed by atoms with Gasteiger partial charge >= 0.3 is 5.97 Å². The molecule has 0 rings (SSSR count). The minimum absolute atomic E-state index is 0.0810. The summed E-state index contributed by atoms with van der Waals surface area (Å²) in [5.74, 6) is -0.935. The number of carbonyl (C=O) groups is 1. The van der Waals surface area contributed by atoms with Crippen molar-refractivity contribution >= 4 is 5.97 Å². The molecule has 0 bridgehead atoms. The van der Waals surface area contributed by atoms with E-state index in [-0.39, 0.29) is 31.0 Å². The third-order valence-corrected chi connectivity index (χ3v) is 1.46. The molecule has 0 aliphatic carbocycles. The van der Waals surface area contributed by atoms with Crippen molar-refractivity contribution in [1.29, 1.82) is 0 Å². The highest BCUT2D eigenvalue weighted by Gasteiger charge is 1.90. The summed E-state index contributed by atoms with van der Waals surface area (Å²) in [7, 11) is 0. The minimum atomic E-state index is -0.935. The van der Waals surface area contributed by atoms with Crippen LogP contribution in [0.3, 0.4) is 0 Å². The van der Waals surface area contributed by atoms with E-state index in [0.29, 0.717) is 12.8 Å². The van der Waals surface area contributed by atoms with Crippen LogP contribution in [0.25, 0.3) is 0 Å². The lowest BCUT2D eigenvalue weighted by molar-refractivity contribution is -0.132. The molecule has 18 heavy (non-hydrogen) atoms. The van der Waals surface area contributed by atoms with Gasteiger partial charge in [-0.2, -0.15) is 0 Å². The molecule has 0 saturated carbocycles. The Morgan fingerprint density at radius 1 is 1.06 bits per heavy atom. The molecule has 0 heterocycles. The molecule has 0 fully saturated rings. The fourth-order valence-electron chi connectivity index (χ4n) is 0.374. The van der Waals surface area contributed by atoms with Crippen LogP contribution in [0.15, 0.2) is 12.2 Å². The van der Waals surface area contributed by atoms with Crippen molar-refractivity contribution in [1.82, 2.24) is 0 Å². The summed E-state index contributed by atoms with van der Waals surface area (Å²) in [5, 5.41) is 40.8. The summed E-state index contributed by atoms with van der Waals surface area (Å²) in [5.41, 5.74) is 0.176. The highest BCUT2D eigenvalue weighted by atomic mass is 16.4. The number of aliphatic carboxylic acids is 1. The van der Waals surface area contributed by atoms with E-state index in [1.54, 1.807) is 13.8 Å². The average molecular weight is 266 g/mol. The van der Waals surface area contributed by atoms with Gasteiger partial charge in [0.15, 0.2) is 0 Å². The standard InChI is InChI=1S/2C4H10O2.C4H6O2/c2*1-4(6)2-3-5;1-3(2)4(5)6/h2*4-6H,2-3H2,1H3;1H2,2H3,(H,5,6). The molecule has 0 amide bonds. The van der Waals surface area contributed by atoms with Crippen molar-refractivity contribution in [2.75, 3.05) is 13.2 Å². The summed E-state index contributed by atoms with van der Waals surface area (Å²) in [6.07, 6.45) is 0.269. The number of aliphatic hydroxyl groups is 4. The van der Waals surface area contributed by atoms with Crippen LogP contribution in [0.2, 0.25) is 0 Å². The van der Waals surface area contributed by atoms with Crippen LogP contribution in [0.5, 0.6) is 0 Å². The average Bonchev–Trinajstić information content (AvgIpc) is 2.18. The predicted octanol–water partition coefficient (Wildman–Crippen LogP) is 0.146. The molecule has 0 aromatic rings. The first-order valence-electron chi connectivity index (χ1n) is 5.65. The zero-order valence-electron chi connectivity index (χ0n) is 11.3. The SMILES string of the molecule is C=C(C)C(=O)O.CC(O)CCO.CC(O)CCO. The summed E-state index contributed by atoms with van der Waals surface area (Å²) in [6, 6.07) is 0. The van der Waals surface area contributed by atoms with Crippen LogP contribution < -0.4 is 0 Å². The number of aliphatic hydroxyl groups excluding tert-OH is 4. The Bertz CT molecular complexity index is 179. The first-order valence-corrected chi connectivity index (χ1v) is 5.65. The predicted molar refractivity (Wildman–Crippen MR) is 69.2 cm³/mol. The Morgan fingerprint density at radius 3 is 1.28 bits per heavy atom. The molecule has 0 aliphatic heterocycles. The maximum Gasteiger partial charge on any atom is 0.330 e. The molecule has 2 atom stereocenters. The van der Waals surface area contributed by atoms with Gasteiger partial charge in [-0.15, -0.1) is 0 Å². The van der Waals surface area contributed by atoms with Gasteiger partial charge < -0.3 is 25.5 Å². The van der Waals surface area contributed by atoms with Crippen LogP contribution >= 0.6 is 0 Å². The van der Waals surface area contributed by atoms with Crippen LogP contribution in [0.4, 0.5) is 0 Å². The lowest BCUT2D eigenvalue weighted by atomic mass is 10.3. The van der Waals surface area contributed by atoms with Crippen molar-refractivity contribution in [3.05, 3.63) is 12.2 Å². The third-order valence-electron chi connectivity index (χ3n) is 1.46. The van der Waals surface area contributed by atoms with Gasteiger partial charge in [0.05, 0.1) is 12.2 Å². The molecular weight excluding hydrogens is 240 g/mol. The summed E-state index contributed by atoms with van der Waals surface area (Å²) in [6.45, 7) is 8.06. The van der Waals surface area contributed by atoms with E-state index in [4.69, 9.17) is 25.5 Å². The largest absolute Gasteiger partial charge is 0.478 e. The van der Waals surface area contributed by atoms with Crippen molar-refractivity contribution in [3.8, 4) is 0 Å². The fourth-order valence-corrected chi connectivity index (χ4v) is 0.374. The van der Waals surface area contributed by atoms with Crippen molar-refractivity contribution < 1.29 is 30.3 Å². The van der Waals surface area contributed by atoms with Crippen LogP contribution in [0.1, 0.15) is 33.6 Å². The van der Waals surface area contributed by atoms with Gasteiger partial charge in [0.25, 0.3) is 0 Å². The maximum atomic E-state index is 9.60. The highest BCUT2D eigenvalue weighted by Crippen LogP contribution is 1.83. The summed E-state index contributed by atoms with van der Waals surface area (Å²) >= 11 is 0. The van der Waals surface area contributed by atoms with E-state index < -0.39 is 5.97 Å². The van der Waals surface area contributed by atoms with Crippen LogP contribution in [-0.4, -0.2) is 56.9 Å². The quantitative estimate of drug-likeness (QED) is 0.452. The second kappa shape index (κ2) is 16.1. The number of carboxylic acids is 1. The molecule has 6 nitrogen and oxygen atoms in total. The van der Waals surface area contributed by atoms with Crippen molar-refractivity contribution in [2.24, 2.45) is 0 Å². The lowest BCUT2D eigenvalue weighted by Gasteiger charge is -1.95. The number of hydrogen-bond donors (Lipinski definition) is 5. The first-order chi connectivity index (χ1) is 8.18. The normalized spacial score (nSPS) is 12.2. The maximum absolute atomic E-state index is 9.60. The van der Waals surface area contributed by atoms with Gasteiger partial charge in [-0.25, -0.2) is 4.79 Å². The molecular formula is C12H26O6. The molecule has 0 saturated heterocycles. The minimum Gasteiger partial charge on any atom is -0.478 e. The number of hydrogen-bond acceptors (Lipinski definition) is 5. The van der Waals surface area contributed by atoms with Crippen molar-refractivity contribution in [3.63, 3.8) is 0 Å². The summed E-state index contributed by atoms with van der Waals surface area (Å²) < 4.78 is 0. The smallest absolute Gasteiger partial charge is 0.330 e. The molecule has 0 radical (unpaired) electrons. The van der Waals surface area contributed by atoms with Gasteiger partial charge in [-0.1, -0.05) is 6.58 Å². The zero-order valence-corrected chi connectivity index (χ0v) is 11.3. The molecule has 0 spiro atoms. The number of rotatable bonds is 5. The molecule has 0 aromatic carbocycles. The van der Waals surface area contributed by atoms with E-state index in [1.807, 2.05) is 0 Å². The summed E-state index contributed by atoms with van der Waals surface area (Å²) in [4.78, 5) is 9.60. The van der Waals surface area contributed by atoms with E-state index >= 15 is 0 Å². The van der Waals surface area contributed by atoms with Gasteiger partial charge in [0.1, 0.15) is 0 Å². The Hall–Kier alpha value is -0.950. The Morgan fingerprint density at radius 2 is 1.28 bits per heavy atom. The zero-order chi connectivity index (χ0) is 15.1. The monoisotopic (exact) mass is 266 g/mol. The Labute approximate surface area is 108 Å². The van der Waals surface area contributed by atoms with Gasteiger partial charge in [0, 0.05) is 18.8 Å². The second-order valence-corrected chi connectivity index (χ2v) is 3.81. The number of carboxylic acid groups (broad SMARTS) is 1. The van der Waals surface area contributed by atoms with E-state index in [2.05, 4.69) is 6.58 Å². The van der Waals surface area contributed by atoms with Gasteiger partial charge in [-0.05, 0) is 33.6 Å².